The molecule has 1 heterocycles. The van der Waals surface area contributed by atoms with Crippen molar-refractivity contribution in [2.24, 2.45) is 11.3 Å². The lowest BCUT2D eigenvalue weighted by Gasteiger charge is -2.59. The van der Waals surface area contributed by atoms with Crippen molar-refractivity contribution in [1.29, 1.82) is 0 Å². The lowest BCUT2D eigenvalue weighted by molar-refractivity contribution is -0.183. The van der Waals surface area contributed by atoms with Crippen LogP contribution >= 0.6 is 0 Å². The van der Waals surface area contributed by atoms with Gasteiger partial charge in [-0.2, -0.15) is 0 Å². The fraction of sp³-hybridized carbons (Fsp3) is 0.667. The standard InChI is InChI=1S/C21H28O2/c1-13(2)14-6-7-16-15(10-14)11-17-19-20(3,12-18(22)23-17)8-5-9-21(16,19)4/h6-7,10,13,17,19H,5,8-9,11-12H2,1-4H3/t17?,19?,20-,21-/m1/s1. The molecule has 23 heavy (non-hydrogen) atoms. The van der Waals surface area contributed by atoms with Gasteiger partial charge in [-0.05, 0) is 46.3 Å². The van der Waals surface area contributed by atoms with Crippen molar-refractivity contribution in [2.45, 2.75) is 77.2 Å². The molecule has 0 N–H and O–H groups in total. The van der Waals surface area contributed by atoms with Crippen molar-refractivity contribution in [1.82, 2.24) is 0 Å². The summed E-state index contributed by atoms with van der Waals surface area (Å²) in [5.74, 6) is 1.02. The van der Waals surface area contributed by atoms with Crippen LogP contribution in [0.4, 0.5) is 0 Å². The molecule has 1 saturated heterocycles. The maximum Gasteiger partial charge on any atom is 0.306 e. The molecule has 2 fully saturated rings. The smallest absolute Gasteiger partial charge is 0.306 e. The molecule has 2 nitrogen and oxygen atoms in total. The molecule has 0 radical (unpaired) electrons. The van der Waals surface area contributed by atoms with E-state index in [1.165, 1.54) is 29.5 Å². The summed E-state index contributed by atoms with van der Waals surface area (Å²) in [7, 11) is 0. The molecule has 2 unspecified atom stereocenters. The quantitative estimate of drug-likeness (QED) is 0.700. The van der Waals surface area contributed by atoms with E-state index in [2.05, 4.69) is 45.9 Å². The van der Waals surface area contributed by atoms with Crippen LogP contribution in [0, 0.1) is 11.3 Å². The maximum atomic E-state index is 12.2. The Morgan fingerprint density at radius 1 is 1.22 bits per heavy atom. The maximum absolute atomic E-state index is 12.2. The van der Waals surface area contributed by atoms with E-state index in [0.717, 1.165) is 12.8 Å². The lowest BCUT2D eigenvalue weighted by Crippen LogP contribution is -2.59. The summed E-state index contributed by atoms with van der Waals surface area (Å²) in [4.78, 5) is 12.2. The largest absolute Gasteiger partial charge is 0.462 e. The van der Waals surface area contributed by atoms with Gasteiger partial charge in [-0.3, -0.25) is 4.79 Å². The second-order valence-electron chi connectivity index (χ2n) is 8.88. The Morgan fingerprint density at radius 2 is 2.00 bits per heavy atom. The fourth-order valence-electron chi connectivity index (χ4n) is 5.98. The average molecular weight is 312 g/mol. The van der Waals surface area contributed by atoms with Gasteiger partial charge in [-0.25, -0.2) is 0 Å². The SMILES string of the molecule is CC(C)c1ccc2c(c1)CC1OC(=O)C[C@@]3(C)CCC[C@@]2(C)C13. The van der Waals surface area contributed by atoms with Crippen molar-refractivity contribution in [3.05, 3.63) is 34.9 Å². The first-order chi connectivity index (χ1) is 10.8. The van der Waals surface area contributed by atoms with Crippen molar-refractivity contribution in [2.75, 3.05) is 0 Å². The molecular weight excluding hydrogens is 284 g/mol. The van der Waals surface area contributed by atoms with Crippen LogP contribution in [-0.2, 0) is 21.4 Å². The second kappa shape index (κ2) is 4.84. The number of hydrogen-bond donors (Lipinski definition) is 0. The molecule has 1 aliphatic heterocycles. The number of fused-ring (bicyclic) bond motifs is 2. The molecule has 1 aromatic carbocycles. The highest BCUT2D eigenvalue weighted by Gasteiger charge is 2.59. The van der Waals surface area contributed by atoms with Crippen LogP contribution in [0.3, 0.4) is 0 Å². The minimum Gasteiger partial charge on any atom is -0.462 e. The molecule has 1 saturated carbocycles. The van der Waals surface area contributed by atoms with Gasteiger partial charge in [0, 0.05) is 12.3 Å². The van der Waals surface area contributed by atoms with Gasteiger partial charge >= 0.3 is 5.97 Å². The van der Waals surface area contributed by atoms with E-state index in [4.69, 9.17) is 4.74 Å². The topological polar surface area (TPSA) is 26.3 Å². The summed E-state index contributed by atoms with van der Waals surface area (Å²) in [5.41, 5.74) is 4.60. The van der Waals surface area contributed by atoms with Gasteiger partial charge in [0.15, 0.2) is 0 Å². The van der Waals surface area contributed by atoms with Gasteiger partial charge in [0.25, 0.3) is 0 Å². The van der Waals surface area contributed by atoms with E-state index >= 15 is 0 Å². The third-order valence-electron chi connectivity index (χ3n) is 6.92. The predicted octanol–water partition coefficient (Wildman–Crippen LogP) is 4.75. The first-order valence-corrected chi connectivity index (χ1v) is 9.16. The van der Waals surface area contributed by atoms with Crippen LogP contribution in [-0.4, -0.2) is 12.1 Å². The van der Waals surface area contributed by atoms with Gasteiger partial charge in [0.05, 0.1) is 6.42 Å². The fourth-order valence-corrected chi connectivity index (χ4v) is 5.98. The number of rotatable bonds is 1. The summed E-state index contributed by atoms with van der Waals surface area (Å²) >= 11 is 0. The summed E-state index contributed by atoms with van der Waals surface area (Å²) < 4.78 is 5.88. The molecule has 3 aliphatic rings. The summed E-state index contributed by atoms with van der Waals surface area (Å²) in [5, 5.41) is 0. The van der Waals surface area contributed by atoms with E-state index < -0.39 is 0 Å². The zero-order valence-corrected chi connectivity index (χ0v) is 14.8. The van der Waals surface area contributed by atoms with E-state index in [1.54, 1.807) is 0 Å². The van der Waals surface area contributed by atoms with Crippen LogP contribution in [0.1, 0.15) is 76.0 Å². The number of carbonyl (C=O) groups excluding carboxylic acids is 1. The Labute approximate surface area is 139 Å². The molecule has 0 aromatic heterocycles. The first-order valence-electron chi connectivity index (χ1n) is 9.16. The molecule has 0 spiro atoms. The Bertz CT molecular complexity index is 662. The highest BCUT2D eigenvalue weighted by molar-refractivity contribution is 5.72. The monoisotopic (exact) mass is 312 g/mol. The summed E-state index contributed by atoms with van der Waals surface area (Å²) in [6.07, 6.45) is 5.17. The van der Waals surface area contributed by atoms with Crippen LogP contribution in [0.2, 0.25) is 0 Å². The van der Waals surface area contributed by atoms with Gasteiger partial charge in [0.1, 0.15) is 6.10 Å². The minimum absolute atomic E-state index is 0.0152. The number of esters is 1. The van der Waals surface area contributed by atoms with Crippen molar-refractivity contribution in [3.8, 4) is 0 Å². The third-order valence-corrected chi connectivity index (χ3v) is 6.92. The molecule has 4 atom stereocenters. The number of benzene rings is 1. The van der Waals surface area contributed by atoms with Crippen molar-refractivity contribution >= 4 is 5.97 Å². The number of ether oxygens (including phenoxy) is 1. The Balaban J connectivity index is 1.86. The lowest BCUT2D eigenvalue weighted by atomic mass is 9.47. The zero-order valence-electron chi connectivity index (χ0n) is 14.8. The van der Waals surface area contributed by atoms with Crippen LogP contribution < -0.4 is 0 Å². The van der Waals surface area contributed by atoms with Crippen LogP contribution in [0.5, 0.6) is 0 Å². The predicted molar refractivity (Wildman–Crippen MR) is 91.5 cm³/mol. The van der Waals surface area contributed by atoms with Gasteiger partial charge in [-0.15, -0.1) is 0 Å². The highest BCUT2D eigenvalue weighted by Crippen LogP contribution is 2.60. The van der Waals surface area contributed by atoms with Gasteiger partial charge < -0.3 is 4.74 Å². The molecule has 2 heteroatoms. The second-order valence-corrected chi connectivity index (χ2v) is 8.88. The molecule has 2 aliphatic carbocycles. The molecule has 1 aromatic rings. The highest BCUT2D eigenvalue weighted by atomic mass is 16.5. The Hall–Kier alpha value is -1.31. The zero-order chi connectivity index (χ0) is 16.4. The third kappa shape index (κ3) is 2.10. The normalized spacial score (nSPS) is 38.7. The number of carbonyl (C=O) groups is 1. The molecule has 0 bridgehead atoms. The summed E-state index contributed by atoms with van der Waals surface area (Å²) in [6.45, 7) is 9.24. The van der Waals surface area contributed by atoms with E-state index in [-0.39, 0.29) is 22.9 Å². The molecule has 4 rings (SSSR count). The Kier molecular flexibility index (Phi) is 3.21. The van der Waals surface area contributed by atoms with Gasteiger partial charge in [-0.1, -0.05) is 52.3 Å². The molecular formula is C21H28O2. The molecule has 124 valence electrons. The molecule has 0 amide bonds. The Morgan fingerprint density at radius 3 is 2.74 bits per heavy atom. The van der Waals surface area contributed by atoms with Gasteiger partial charge in [0.2, 0.25) is 0 Å². The van der Waals surface area contributed by atoms with Crippen LogP contribution in [0.15, 0.2) is 18.2 Å². The van der Waals surface area contributed by atoms with Crippen molar-refractivity contribution in [3.63, 3.8) is 0 Å². The average Bonchev–Trinajstić information content (AvgIpc) is 2.45. The van der Waals surface area contributed by atoms with Crippen LogP contribution in [0.25, 0.3) is 0 Å². The first kappa shape index (κ1) is 15.2. The number of hydrogen-bond acceptors (Lipinski definition) is 2. The van der Waals surface area contributed by atoms with E-state index in [1.807, 2.05) is 0 Å². The van der Waals surface area contributed by atoms with E-state index in [9.17, 15) is 4.79 Å². The minimum atomic E-state index is 0.0152. The van der Waals surface area contributed by atoms with E-state index in [0.29, 0.717) is 18.3 Å². The van der Waals surface area contributed by atoms with Crippen molar-refractivity contribution < 1.29 is 9.53 Å². The summed E-state index contributed by atoms with van der Waals surface area (Å²) in [6, 6.07) is 7.06.